The summed E-state index contributed by atoms with van der Waals surface area (Å²) in [6, 6.07) is 4.76. The van der Waals surface area contributed by atoms with Crippen molar-refractivity contribution in [2.45, 2.75) is 39.0 Å². The molecule has 5 nitrogen and oxygen atoms in total. The number of halogens is 1. The molecule has 1 aromatic carbocycles. The first-order valence-electron chi connectivity index (χ1n) is 6.81. The molecule has 20 heavy (non-hydrogen) atoms. The lowest BCUT2D eigenvalue weighted by Gasteiger charge is -2.15. The Morgan fingerprint density at radius 2 is 2.20 bits per heavy atom. The number of nitrogens with two attached hydrogens (primary N) is 1. The number of aromatic nitrogens is 3. The van der Waals surface area contributed by atoms with E-state index in [1.54, 1.807) is 12.1 Å². The van der Waals surface area contributed by atoms with E-state index in [1.807, 2.05) is 0 Å². The summed E-state index contributed by atoms with van der Waals surface area (Å²) in [7, 11) is 0. The van der Waals surface area contributed by atoms with Gasteiger partial charge in [0.05, 0.1) is 0 Å². The van der Waals surface area contributed by atoms with Crippen LogP contribution in [0.1, 0.15) is 30.1 Å². The molecule has 6 heteroatoms. The third-order valence-corrected chi connectivity index (χ3v) is 3.55. The van der Waals surface area contributed by atoms with Crippen LogP contribution in [-0.4, -0.2) is 14.8 Å². The SMILES string of the molecule is NCc1cccc(F)c1OCc1nnc2n1CCCC2. The van der Waals surface area contributed by atoms with Crippen LogP contribution in [-0.2, 0) is 26.1 Å². The van der Waals surface area contributed by atoms with Crippen molar-refractivity contribution in [3.8, 4) is 5.75 Å². The van der Waals surface area contributed by atoms with Gasteiger partial charge in [0.25, 0.3) is 0 Å². The van der Waals surface area contributed by atoms with Gasteiger partial charge in [-0.2, -0.15) is 0 Å². The van der Waals surface area contributed by atoms with Crippen LogP contribution in [0.5, 0.6) is 5.75 Å². The van der Waals surface area contributed by atoms with Crippen molar-refractivity contribution in [1.29, 1.82) is 0 Å². The van der Waals surface area contributed by atoms with E-state index in [0.29, 0.717) is 5.56 Å². The fourth-order valence-electron chi connectivity index (χ4n) is 2.49. The van der Waals surface area contributed by atoms with Gasteiger partial charge in [0.1, 0.15) is 12.4 Å². The van der Waals surface area contributed by atoms with Crippen molar-refractivity contribution in [3.05, 3.63) is 41.2 Å². The molecule has 0 amide bonds. The second-order valence-electron chi connectivity index (χ2n) is 4.86. The molecule has 0 bridgehead atoms. The van der Waals surface area contributed by atoms with Crippen LogP contribution in [0.4, 0.5) is 4.39 Å². The number of hydrogen-bond acceptors (Lipinski definition) is 4. The van der Waals surface area contributed by atoms with Gasteiger partial charge in [-0.05, 0) is 18.9 Å². The van der Waals surface area contributed by atoms with Crippen LogP contribution in [0.25, 0.3) is 0 Å². The summed E-state index contributed by atoms with van der Waals surface area (Å²) in [6.07, 6.45) is 3.20. The highest BCUT2D eigenvalue weighted by molar-refractivity contribution is 5.34. The van der Waals surface area contributed by atoms with Crippen LogP contribution in [0.2, 0.25) is 0 Å². The standard InChI is InChI=1S/C14H17FN4O/c15-11-5-3-4-10(8-16)14(11)20-9-13-18-17-12-6-1-2-7-19(12)13/h3-5H,1-2,6-9,16H2. The van der Waals surface area contributed by atoms with Gasteiger partial charge < -0.3 is 15.0 Å². The molecule has 0 unspecified atom stereocenters. The van der Waals surface area contributed by atoms with Crippen molar-refractivity contribution >= 4 is 0 Å². The largest absolute Gasteiger partial charge is 0.482 e. The minimum absolute atomic E-state index is 0.209. The molecule has 0 radical (unpaired) electrons. The fraction of sp³-hybridized carbons (Fsp3) is 0.429. The van der Waals surface area contributed by atoms with Crippen molar-refractivity contribution < 1.29 is 9.13 Å². The lowest BCUT2D eigenvalue weighted by molar-refractivity contribution is 0.269. The zero-order valence-corrected chi connectivity index (χ0v) is 11.2. The maximum Gasteiger partial charge on any atom is 0.171 e. The summed E-state index contributed by atoms with van der Waals surface area (Å²) < 4.78 is 21.4. The third kappa shape index (κ3) is 2.38. The minimum Gasteiger partial charge on any atom is -0.482 e. The van der Waals surface area contributed by atoms with Crippen LogP contribution in [0, 0.1) is 5.82 Å². The smallest absolute Gasteiger partial charge is 0.171 e. The Balaban J connectivity index is 1.79. The molecular weight excluding hydrogens is 259 g/mol. The normalized spacial score (nSPS) is 14.1. The Kier molecular flexibility index (Phi) is 3.64. The van der Waals surface area contributed by atoms with E-state index >= 15 is 0 Å². The molecular formula is C14H17FN4O. The van der Waals surface area contributed by atoms with Crippen molar-refractivity contribution in [3.63, 3.8) is 0 Å². The Bertz CT molecular complexity index is 611. The molecule has 2 heterocycles. The summed E-state index contributed by atoms with van der Waals surface area (Å²) in [5.74, 6) is 1.54. The van der Waals surface area contributed by atoms with E-state index in [0.717, 1.165) is 37.5 Å². The van der Waals surface area contributed by atoms with Gasteiger partial charge in [-0.15, -0.1) is 10.2 Å². The Morgan fingerprint density at radius 3 is 3.05 bits per heavy atom. The number of fused-ring (bicyclic) bond motifs is 1. The zero-order valence-electron chi connectivity index (χ0n) is 11.2. The van der Waals surface area contributed by atoms with E-state index in [4.69, 9.17) is 10.5 Å². The van der Waals surface area contributed by atoms with Gasteiger partial charge in [0.15, 0.2) is 17.4 Å². The fourth-order valence-corrected chi connectivity index (χ4v) is 2.49. The Labute approximate surface area is 116 Å². The first-order valence-corrected chi connectivity index (χ1v) is 6.81. The molecule has 1 aliphatic rings. The number of ether oxygens (including phenoxy) is 1. The van der Waals surface area contributed by atoms with Gasteiger partial charge >= 0.3 is 0 Å². The second kappa shape index (κ2) is 5.58. The van der Waals surface area contributed by atoms with Gasteiger partial charge in [-0.25, -0.2) is 4.39 Å². The quantitative estimate of drug-likeness (QED) is 0.924. The number of nitrogens with zero attached hydrogens (tertiary/aromatic N) is 3. The zero-order chi connectivity index (χ0) is 13.9. The summed E-state index contributed by atoms with van der Waals surface area (Å²) in [4.78, 5) is 0. The van der Waals surface area contributed by atoms with Crippen molar-refractivity contribution in [2.24, 2.45) is 5.73 Å². The lowest BCUT2D eigenvalue weighted by atomic mass is 10.2. The molecule has 0 saturated carbocycles. The van der Waals surface area contributed by atoms with E-state index < -0.39 is 5.82 Å². The number of benzene rings is 1. The molecule has 106 valence electrons. The monoisotopic (exact) mass is 276 g/mol. The maximum atomic E-state index is 13.8. The van der Waals surface area contributed by atoms with E-state index in [2.05, 4.69) is 14.8 Å². The van der Waals surface area contributed by atoms with Gasteiger partial charge in [0.2, 0.25) is 0 Å². The molecule has 0 spiro atoms. The summed E-state index contributed by atoms with van der Waals surface area (Å²) in [5.41, 5.74) is 6.26. The summed E-state index contributed by atoms with van der Waals surface area (Å²) in [6.45, 7) is 1.36. The van der Waals surface area contributed by atoms with E-state index in [1.165, 1.54) is 6.07 Å². The van der Waals surface area contributed by atoms with Gasteiger partial charge in [0, 0.05) is 25.1 Å². The Morgan fingerprint density at radius 1 is 1.30 bits per heavy atom. The van der Waals surface area contributed by atoms with Crippen LogP contribution in [0.15, 0.2) is 18.2 Å². The van der Waals surface area contributed by atoms with E-state index in [9.17, 15) is 4.39 Å². The number of hydrogen-bond donors (Lipinski definition) is 1. The highest BCUT2D eigenvalue weighted by Crippen LogP contribution is 2.23. The highest BCUT2D eigenvalue weighted by Gasteiger charge is 2.17. The molecule has 0 saturated heterocycles. The predicted octanol–water partition coefficient (Wildman–Crippen LogP) is 1.79. The van der Waals surface area contributed by atoms with Crippen LogP contribution < -0.4 is 10.5 Å². The summed E-state index contributed by atoms with van der Waals surface area (Å²) in [5, 5.41) is 8.28. The molecule has 3 rings (SSSR count). The molecule has 0 fully saturated rings. The minimum atomic E-state index is -0.397. The summed E-state index contributed by atoms with van der Waals surface area (Å²) >= 11 is 0. The molecule has 1 aromatic heterocycles. The average molecular weight is 276 g/mol. The van der Waals surface area contributed by atoms with Crippen molar-refractivity contribution in [1.82, 2.24) is 14.8 Å². The topological polar surface area (TPSA) is 66.0 Å². The number of aryl methyl sites for hydroxylation is 1. The van der Waals surface area contributed by atoms with Gasteiger partial charge in [-0.3, -0.25) is 0 Å². The molecule has 1 aliphatic heterocycles. The van der Waals surface area contributed by atoms with E-state index in [-0.39, 0.29) is 18.9 Å². The molecule has 2 aromatic rings. The molecule has 2 N–H and O–H groups in total. The first-order chi connectivity index (χ1) is 9.79. The van der Waals surface area contributed by atoms with Crippen molar-refractivity contribution in [2.75, 3.05) is 0 Å². The Hall–Kier alpha value is -1.95. The van der Waals surface area contributed by atoms with Gasteiger partial charge in [-0.1, -0.05) is 12.1 Å². The first kappa shape index (κ1) is 13.1. The molecule has 0 aliphatic carbocycles. The van der Waals surface area contributed by atoms with Crippen LogP contribution in [0.3, 0.4) is 0 Å². The number of para-hydroxylation sites is 1. The maximum absolute atomic E-state index is 13.8. The lowest BCUT2D eigenvalue weighted by Crippen LogP contribution is -2.15. The number of rotatable bonds is 4. The average Bonchev–Trinajstić information content (AvgIpc) is 2.89. The highest BCUT2D eigenvalue weighted by atomic mass is 19.1. The second-order valence-corrected chi connectivity index (χ2v) is 4.86. The third-order valence-electron chi connectivity index (χ3n) is 3.55. The molecule has 0 atom stereocenters. The predicted molar refractivity (Wildman–Crippen MR) is 71.6 cm³/mol. The van der Waals surface area contributed by atoms with Crippen LogP contribution >= 0.6 is 0 Å².